The first-order chi connectivity index (χ1) is 15.0. The number of nitrogens with zero attached hydrogens (tertiary/aromatic N) is 3. The number of carbonyl (C=O) groups is 1. The average molecular weight is 449 g/mol. The van der Waals surface area contributed by atoms with Crippen molar-refractivity contribution in [3.05, 3.63) is 88.9 Å². The maximum absolute atomic E-state index is 12.5. The van der Waals surface area contributed by atoms with Crippen LogP contribution < -0.4 is 5.32 Å². The number of hydrogen-bond acceptors (Lipinski definition) is 4. The second kappa shape index (κ2) is 9.37. The molecule has 0 fully saturated rings. The Kier molecular flexibility index (Phi) is 6.39. The molecule has 1 aromatic heterocycles. The van der Waals surface area contributed by atoms with Crippen LogP contribution in [-0.2, 0) is 4.79 Å². The summed E-state index contributed by atoms with van der Waals surface area (Å²) in [5.41, 5.74) is 4.89. The number of hydrogen-bond donors (Lipinski definition) is 1. The molecule has 4 rings (SSSR count). The van der Waals surface area contributed by atoms with Crippen molar-refractivity contribution in [2.24, 2.45) is 0 Å². The Bertz CT molecular complexity index is 1220. The molecule has 0 aliphatic rings. The smallest absolute Gasteiger partial charge is 0.234 e. The van der Waals surface area contributed by atoms with Gasteiger partial charge in [-0.05, 0) is 61.4 Å². The van der Waals surface area contributed by atoms with Crippen molar-refractivity contribution in [3.8, 4) is 17.1 Å². The van der Waals surface area contributed by atoms with E-state index in [0.717, 1.165) is 22.5 Å². The van der Waals surface area contributed by atoms with Gasteiger partial charge >= 0.3 is 0 Å². The summed E-state index contributed by atoms with van der Waals surface area (Å²) in [7, 11) is 0. The van der Waals surface area contributed by atoms with Crippen LogP contribution in [0.1, 0.15) is 11.1 Å². The fraction of sp³-hybridized carbons (Fsp3) is 0.125. The zero-order valence-electron chi connectivity index (χ0n) is 17.2. The van der Waals surface area contributed by atoms with Crippen molar-refractivity contribution in [1.29, 1.82) is 0 Å². The standard InChI is InChI=1S/C24H21ClN4OS/c1-16-11-12-20(13-17(16)2)26-22(30)15-31-24-28-27-23(18-7-6-8-19(25)14-18)29(24)21-9-4-3-5-10-21/h3-14H,15H2,1-2H3,(H,26,30). The van der Waals surface area contributed by atoms with E-state index >= 15 is 0 Å². The van der Waals surface area contributed by atoms with Gasteiger partial charge in [0.2, 0.25) is 5.91 Å². The molecule has 1 heterocycles. The third-order valence-electron chi connectivity index (χ3n) is 4.85. The fourth-order valence-corrected chi connectivity index (χ4v) is 4.08. The molecule has 0 aliphatic carbocycles. The monoisotopic (exact) mass is 448 g/mol. The molecule has 156 valence electrons. The number of halogens is 1. The molecular formula is C24H21ClN4OS. The van der Waals surface area contributed by atoms with Gasteiger partial charge in [-0.2, -0.15) is 0 Å². The Morgan fingerprint density at radius 3 is 2.52 bits per heavy atom. The van der Waals surface area contributed by atoms with E-state index in [4.69, 9.17) is 11.6 Å². The molecule has 0 atom stereocenters. The van der Waals surface area contributed by atoms with Crippen LogP contribution in [0.3, 0.4) is 0 Å². The highest BCUT2D eigenvalue weighted by Crippen LogP contribution is 2.29. The summed E-state index contributed by atoms with van der Waals surface area (Å²) in [4.78, 5) is 12.5. The minimum atomic E-state index is -0.0971. The summed E-state index contributed by atoms with van der Waals surface area (Å²) in [5, 5.41) is 13.0. The zero-order chi connectivity index (χ0) is 21.8. The van der Waals surface area contributed by atoms with E-state index < -0.39 is 0 Å². The fourth-order valence-electron chi connectivity index (χ4n) is 3.13. The van der Waals surface area contributed by atoms with E-state index in [0.29, 0.717) is 16.0 Å². The summed E-state index contributed by atoms with van der Waals surface area (Å²) >= 11 is 7.53. The molecule has 4 aromatic rings. The molecule has 1 N–H and O–H groups in total. The average Bonchev–Trinajstić information content (AvgIpc) is 3.19. The number of carbonyl (C=O) groups excluding carboxylic acids is 1. The van der Waals surface area contributed by atoms with Gasteiger partial charge in [0.15, 0.2) is 11.0 Å². The number of para-hydroxylation sites is 1. The predicted molar refractivity (Wildman–Crippen MR) is 127 cm³/mol. The van der Waals surface area contributed by atoms with E-state index in [1.807, 2.05) is 91.2 Å². The van der Waals surface area contributed by atoms with Gasteiger partial charge in [-0.3, -0.25) is 9.36 Å². The zero-order valence-corrected chi connectivity index (χ0v) is 18.7. The lowest BCUT2D eigenvalue weighted by Crippen LogP contribution is -2.14. The maximum Gasteiger partial charge on any atom is 0.234 e. The summed E-state index contributed by atoms with van der Waals surface area (Å²) in [6.07, 6.45) is 0. The topological polar surface area (TPSA) is 59.8 Å². The first-order valence-corrected chi connectivity index (χ1v) is 11.1. The minimum Gasteiger partial charge on any atom is -0.325 e. The lowest BCUT2D eigenvalue weighted by atomic mass is 10.1. The second-order valence-corrected chi connectivity index (χ2v) is 8.50. The van der Waals surface area contributed by atoms with E-state index in [-0.39, 0.29) is 11.7 Å². The van der Waals surface area contributed by atoms with Gasteiger partial charge in [0.25, 0.3) is 0 Å². The molecule has 1 amide bonds. The number of aromatic nitrogens is 3. The molecule has 7 heteroatoms. The third-order valence-corrected chi connectivity index (χ3v) is 6.02. The van der Waals surface area contributed by atoms with Crippen molar-refractivity contribution in [1.82, 2.24) is 14.8 Å². The van der Waals surface area contributed by atoms with Crippen molar-refractivity contribution in [2.45, 2.75) is 19.0 Å². The third kappa shape index (κ3) is 4.98. The highest BCUT2D eigenvalue weighted by Gasteiger charge is 2.17. The van der Waals surface area contributed by atoms with Crippen molar-refractivity contribution in [3.63, 3.8) is 0 Å². The molecular weight excluding hydrogens is 428 g/mol. The summed E-state index contributed by atoms with van der Waals surface area (Å²) < 4.78 is 1.94. The Hall–Kier alpha value is -3.09. The van der Waals surface area contributed by atoms with Crippen LogP contribution >= 0.6 is 23.4 Å². The minimum absolute atomic E-state index is 0.0971. The molecule has 31 heavy (non-hydrogen) atoms. The molecule has 0 spiro atoms. The van der Waals surface area contributed by atoms with E-state index in [1.165, 1.54) is 17.3 Å². The van der Waals surface area contributed by atoms with Crippen LogP contribution in [0.25, 0.3) is 17.1 Å². The van der Waals surface area contributed by atoms with Gasteiger partial charge < -0.3 is 5.32 Å². The van der Waals surface area contributed by atoms with Gasteiger partial charge in [0, 0.05) is 22.0 Å². The van der Waals surface area contributed by atoms with Crippen LogP contribution in [0.5, 0.6) is 0 Å². The van der Waals surface area contributed by atoms with Gasteiger partial charge in [-0.1, -0.05) is 59.8 Å². The highest BCUT2D eigenvalue weighted by molar-refractivity contribution is 7.99. The van der Waals surface area contributed by atoms with Gasteiger partial charge in [0.1, 0.15) is 0 Å². The number of benzene rings is 3. The molecule has 0 aliphatic heterocycles. The summed E-state index contributed by atoms with van der Waals surface area (Å²) in [6, 6.07) is 23.2. The molecule has 0 bridgehead atoms. The number of thioether (sulfide) groups is 1. The first kappa shape index (κ1) is 21.2. The Labute approximate surface area is 190 Å². The van der Waals surface area contributed by atoms with Crippen LogP contribution in [-0.4, -0.2) is 26.4 Å². The lowest BCUT2D eigenvalue weighted by Gasteiger charge is -2.11. The molecule has 3 aromatic carbocycles. The largest absolute Gasteiger partial charge is 0.325 e. The highest BCUT2D eigenvalue weighted by atomic mass is 35.5. The van der Waals surface area contributed by atoms with Gasteiger partial charge in [0.05, 0.1) is 5.75 Å². The number of anilines is 1. The number of rotatable bonds is 6. The van der Waals surface area contributed by atoms with Crippen molar-refractivity contribution in [2.75, 3.05) is 11.1 Å². The Morgan fingerprint density at radius 1 is 0.968 bits per heavy atom. The van der Waals surface area contributed by atoms with Crippen molar-refractivity contribution < 1.29 is 4.79 Å². The van der Waals surface area contributed by atoms with E-state index in [9.17, 15) is 4.79 Å². The molecule has 0 saturated carbocycles. The Balaban J connectivity index is 1.58. The van der Waals surface area contributed by atoms with E-state index in [1.54, 1.807) is 0 Å². The summed E-state index contributed by atoms with van der Waals surface area (Å²) in [5.74, 6) is 0.791. The quantitative estimate of drug-likeness (QED) is 0.371. The number of nitrogens with one attached hydrogen (secondary N) is 1. The lowest BCUT2D eigenvalue weighted by molar-refractivity contribution is -0.113. The predicted octanol–water partition coefficient (Wildman–Crippen LogP) is 5.94. The number of aryl methyl sites for hydroxylation is 2. The SMILES string of the molecule is Cc1ccc(NC(=O)CSc2nnc(-c3cccc(Cl)c3)n2-c2ccccc2)cc1C. The second-order valence-electron chi connectivity index (χ2n) is 7.12. The number of amides is 1. The molecule has 5 nitrogen and oxygen atoms in total. The van der Waals surface area contributed by atoms with Gasteiger partial charge in [-0.25, -0.2) is 0 Å². The Morgan fingerprint density at radius 2 is 1.77 bits per heavy atom. The van der Waals surface area contributed by atoms with Gasteiger partial charge in [-0.15, -0.1) is 10.2 Å². The summed E-state index contributed by atoms with van der Waals surface area (Å²) in [6.45, 7) is 4.07. The van der Waals surface area contributed by atoms with Crippen LogP contribution in [0.2, 0.25) is 5.02 Å². The van der Waals surface area contributed by atoms with Crippen LogP contribution in [0.15, 0.2) is 78.0 Å². The molecule has 0 unspecified atom stereocenters. The molecule has 0 radical (unpaired) electrons. The van der Waals surface area contributed by atoms with Crippen molar-refractivity contribution >= 4 is 35.0 Å². The van der Waals surface area contributed by atoms with Crippen LogP contribution in [0.4, 0.5) is 5.69 Å². The first-order valence-electron chi connectivity index (χ1n) is 9.78. The normalized spacial score (nSPS) is 10.8. The molecule has 0 saturated heterocycles. The maximum atomic E-state index is 12.5. The van der Waals surface area contributed by atoms with E-state index in [2.05, 4.69) is 15.5 Å². The van der Waals surface area contributed by atoms with Crippen LogP contribution in [0, 0.1) is 13.8 Å².